The van der Waals surface area contributed by atoms with E-state index in [2.05, 4.69) is 37.8 Å². The van der Waals surface area contributed by atoms with Crippen molar-refractivity contribution in [3.05, 3.63) is 12.2 Å². The fraction of sp³-hybridized carbons (Fsp3) is 0.818. The maximum absolute atomic E-state index is 3.52. The van der Waals surface area contributed by atoms with Crippen LogP contribution in [0.15, 0.2) is 12.2 Å². The molecule has 0 heteroatoms. The molecule has 0 aromatic carbocycles. The summed E-state index contributed by atoms with van der Waals surface area (Å²) in [5, 5.41) is 0. The van der Waals surface area contributed by atoms with Gasteiger partial charge in [-0.2, -0.15) is 0 Å². The standard InChI is InChI=1S/C22H36/c1-3-5-8-20-15-17-22(18-16-20)10-7-6-9-21-13-11-19(4-2)12-14-21/h6,9,19-22H,3-5,8,11-18H2,1-2H3/t19-,20-,21-,22-. The molecule has 0 radical (unpaired) electrons. The van der Waals surface area contributed by atoms with E-state index >= 15 is 0 Å². The Morgan fingerprint density at radius 2 is 1.55 bits per heavy atom. The summed E-state index contributed by atoms with van der Waals surface area (Å²) in [6, 6.07) is 0. The lowest BCUT2D eigenvalue weighted by Gasteiger charge is -2.25. The Morgan fingerprint density at radius 3 is 2.18 bits per heavy atom. The van der Waals surface area contributed by atoms with E-state index in [1.54, 1.807) is 0 Å². The monoisotopic (exact) mass is 300 g/mol. The van der Waals surface area contributed by atoms with Gasteiger partial charge in [0.05, 0.1) is 0 Å². The Bertz CT molecular complexity index is 365. The third-order valence-corrected chi connectivity index (χ3v) is 6.02. The minimum Gasteiger partial charge on any atom is -0.0951 e. The minimum absolute atomic E-state index is 0.679. The van der Waals surface area contributed by atoms with Crippen molar-refractivity contribution in [2.75, 3.05) is 0 Å². The van der Waals surface area contributed by atoms with Crippen LogP contribution in [-0.4, -0.2) is 0 Å². The fourth-order valence-corrected chi connectivity index (χ4v) is 4.23. The van der Waals surface area contributed by atoms with Crippen LogP contribution >= 0.6 is 0 Å². The zero-order chi connectivity index (χ0) is 15.6. The average molecular weight is 301 g/mol. The molecular weight excluding hydrogens is 264 g/mol. The third-order valence-electron chi connectivity index (χ3n) is 6.02. The first-order valence-corrected chi connectivity index (χ1v) is 9.99. The highest BCUT2D eigenvalue weighted by atomic mass is 14.2. The Hall–Kier alpha value is -0.700. The first-order chi connectivity index (χ1) is 10.8. The van der Waals surface area contributed by atoms with E-state index in [9.17, 15) is 0 Å². The van der Waals surface area contributed by atoms with Gasteiger partial charge in [0.15, 0.2) is 0 Å². The molecule has 0 nitrogen and oxygen atoms in total. The van der Waals surface area contributed by atoms with E-state index in [0.29, 0.717) is 5.92 Å². The van der Waals surface area contributed by atoms with E-state index in [1.807, 2.05) is 0 Å². The molecule has 0 unspecified atom stereocenters. The molecule has 124 valence electrons. The van der Waals surface area contributed by atoms with Gasteiger partial charge in [0, 0.05) is 5.92 Å². The zero-order valence-electron chi connectivity index (χ0n) is 14.9. The molecule has 0 amide bonds. The van der Waals surface area contributed by atoms with Crippen LogP contribution in [0.5, 0.6) is 0 Å². The lowest BCUT2D eigenvalue weighted by atomic mass is 9.80. The molecule has 0 spiro atoms. The second kappa shape index (κ2) is 10.1. The van der Waals surface area contributed by atoms with Crippen LogP contribution in [0.3, 0.4) is 0 Å². The molecule has 22 heavy (non-hydrogen) atoms. The largest absolute Gasteiger partial charge is 0.0951 e. The Labute approximate surface area is 139 Å². The lowest BCUT2D eigenvalue weighted by molar-refractivity contribution is 0.296. The van der Waals surface area contributed by atoms with E-state index in [4.69, 9.17) is 0 Å². The van der Waals surface area contributed by atoms with Gasteiger partial charge >= 0.3 is 0 Å². The maximum Gasteiger partial charge on any atom is 0.0206 e. The Balaban J connectivity index is 1.64. The van der Waals surface area contributed by atoms with Crippen LogP contribution in [0.1, 0.15) is 90.9 Å². The van der Waals surface area contributed by atoms with Crippen molar-refractivity contribution < 1.29 is 0 Å². The molecule has 0 heterocycles. The van der Waals surface area contributed by atoms with Crippen LogP contribution in [0.25, 0.3) is 0 Å². The molecule has 0 atom stereocenters. The number of hydrogen-bond acceptors (Lipinski definition) is 0. The second-order valence-corrected chi connectivity index (χ2v) is 7.70. The summed E-state index contributed by atoms with van der Waals surface area (Å²) in [5.41, 5.74) is 0. The zero-order valence-corrected chi connectivity index (χ0v) is 14.9. The summed E-state index contributed by atoms with van der Waals surface area (Å²) < 4.78 is 0. The van der Waals surface area contributed by atoms with Crippen molar-refractivity contribution in [1.29, 1.82) is 0 Å². The van der Waals surface area contributed by atoms with Crippen molar-refractivity contribution in [2.24, 2.45) is 23.7 Å². The lowest BCUT2D eigenvalue weighted by Crippen LogP contribution is -2.13. The van der Waals surface area contributed by atoms with Gasteiger partial charge in [0.25, 0.3) is 0 Å². The topological polar surface area (TPSA) is 0 Å². The van der Waals surface area contributed by atoms with Crippen molar-refractivity contribution in [1.82, 2.24) is 0 Å². The summed E-state index contributed by atoms with van der Waals surface area (Å²) in [5.74, 6) is 10.4. The molecule has 2 fully saturated rings. The van der Waals surface area contributed by atoms with Crippen molar-refractivity contribution >= 4 is 0 Å². The highest BCUT2D eigenvalue weighted by molar-refractivity contribution is 5.18. The highest BCUT2D eigenvalue weighted by Gasteiger charge is 2.19. The highest BCUT2D eigenvalue weighted by Crippen LogP contribution is 2.32. The van der Waals surface area contributed by atoms with Gasteiger partial charge in [-0.05, 0) is 75.2 Å². The molecule has 0 N–H and O–H groups in total. The van der Waals surface area contributed by atoms with Gasteiger partial charge in [0.1, 0.15) is 0 Å². The summed E-state index contributed by atoms with van der Waals surface area (Å²) in [6.45, 7) is 4.64. The Morgan fingerprint density at radius 1 is 0.864 bits per heavy atom. The predicted molar refractivity (Wildman–Crippen MR) is 97.6 cm³/mol. The SMILES string of the molecule is CCCC[C@H]1CC[C@H](C#CC=C[C@H]2CC[C@H](CC)CC2)CC1. The van der Waals surface area contributed by atoms with E-state index in [1.165, 1.54) is 77.0 Å². The van der Waals surface area contributed by atoms with Gasteiger partial charge in [0.2, 0.25) is 0 Å². The smallest absolute Gasteiger partial charge is 0.0206 e. The average Bonchev–Trinajstić information content (AvgIpc) is 2.58. The number of allylic oxidation sites excluding steroid dienone is 2. The quantitative estimate of drug-likeness (QED) is 0.492. The maximum atomic E-state index is 3.52. The molecule has 0 saturated heterocycles. The Kier molecular flexibility index (Phi) is 8.14. The summed E-state index contributed by atoms with van der Waals surface area (Å²) in [4.78, 5) is 0. The van der Waals surface area contributed by atoms with Gasteiger partial charge in [-0.3, -0.25) is 0 Å². The molecule has 0 aromatic rings. The summed E-state index contributed by atoms with van der Waals surface area (Å²) in [6.07, 6.45) is 21.3. The molecular formula is C22H36. The number of hydrogen-bond donors (Lipinski definition) is 0. The minimum atomic E-state index is 0.679. The summed E-state index contributed by atoms with van der Waals surface area (Å²) >= 11 is 0. The first kappa shape index (κ1) is 17.7. The van der Waals surface area contributed by atoms with Crippen molar-refractivity contribution in [3.8, 4) is 11.8 Å². The predicted octanol–water partition coefficient (Wildman–Crippen LogP) is 6.76. The molecule has 0 aromatic heterocycles. The number of rotatable bonds is 5. The van der Waals surface area contributed by atoms with Crippen LogP contribution < -0.4 is 0 Å². The molecule has 0 aliphatic heterocycles. The number of unbranched alkanes of at least 4 members (excludes halogenated alkanes) is 1. The molecule has 0 bridgehead atoms. The van der Waals surface area contributed by atoms with Gasteiger partial charge in [-0.25, -0.2) is 0 Å². The van der Waals surface area contributed by atoms with Crippen molar-refractivity contribution in [2.45, 2.75) is 90.9 Å². The molecule has 2 aliphatic carbocycles. The van der Waals surface area contributed by atoms with Crippen LogP contribution in [0.2, 0.25) is 0 Å². The second-order valence-electron chi connectivity index (χ2n) is 7.70. The van der Waals surface area contributed by atoms with Crippen molar-refractivity contribution in [3.63, 3.8) is 0 Å². The van der Waals surface area contributed by atoms with Crippen LogP contribution in [0, 0.1) is 35.5 Å². The normalized spacial score (nSPS) is 32.6. The van der Waals surface area contributed by atoms with Crippen LogP contribution in [0.4, 0.5) is 0 Å². The fourth-order valence-electron chi connectivity index (χ4n) is 4.23. The van der Waals surface area contributed by atoms with Gasteiger partial charge in [-0.15, -0.1) is 0 Å². The molecule has 2 saturated carbocycles. The van der Waals surface area contributed by atoms with E-state index in [-0.39, 0.29) is 0 Å². The third kappa shape index (κ3) is 6.20. The van der Waals surface area contributed by atoms with Gasteiger partial charge in [-0.1, -0.05) is 57.4 Å². The molecule has 2 rings (SSSR count). The van der Waals surface area contributed by atoms with E-state index < -0.39 is 0 Å². The van der Waals surface area contributed by atoms with E-state index in [0.717, 1.165) is 17.8 Å². The molecule has 2 aliphatic rings. The first-order valence-electron chi connectivity index (χ1n) is 9.99. The van der Waals surface area contributed by atoms with Crippen LogP contribution in [-0.2, 0) is 0 Å². The van der Waals surface area contributed by atoms with Gasteiger partial charge < -0.3 is 0 Å². The summed E-state index contributed by atoms with van der Waals surface area (Å²) in [7, 11) is 0.